The first-order chi connectivity index (χ1) is 12.9. The van der Waals surface area contributed by atoms with Crippen LogP contribution in [-0.2, 0) is 6.54 Å². The van der Waals surface area contributed by atoms with Crippen molar-refractivity contribution in [2.24, 2.45) is 0 Å². The van der Waals surface area contributed by atoms with Crippen molar-refractivity contribution in [2.45, 2.75) is 37.2 Å². The maximum atomic E-state index is 13.7. The Bertz CT molecular complexity index is 988. The third-order valence-electron chi connectivity index (χ3n) is 4.40. The largest absolute Gasteiger partial charge is 0.348 e. The van der Waals surface area contributed by atoms with Gasteiger partial charge in [0, 0.05) is 17.6 Å². The first-order valence-electron chi connectivity index (χ1n) is 8.67. The zero-order chi connectivity index (χ0) is 19.4. The maximum Gasteiger partial charge on any atom is 0.254 e. The van der Waals surface area contributed by atoms with E-state index in [1.807, 2.05) is 12.1 Å². The van der Waals surface area contributed by atoms with Crippen LogP contribution in [0.2, 0.25) is 0 Å². The first kappa shape index (κ1) is 19.1. The normalized spacial score (nSPS) is 10.7. The smallest absolute Gasteiger partial charge is 0.254 e. The van der Waals surface area contributed by atoms with Crippen molar-refractivity contribution < 1.29 is 9.18 Å². The minimum absolute atomic E-state index is 0.226. The number of aryl methyl sites for hydroxylation is 3. The summed E-state index contributed by atoms with van der Waals surface area (Å²) in [5, 5.41) is 3.50. The standard InChI is InChI=1S/C22H21FN2OS/c1-14-7-9-18(11-16(14)3)27-22-19(5-4-10-24-22)21(26)25-13-17-8-6-15(2)20(23)12-17/h4-12H,13H2,1-3H3,(H,25,26). The Hall–Kier alpha value is -2.66. The molecule has 0 aliphatic carbocycles. The lowest BCUT2D eigenvalue weighted by molar-refractivity contribution is 0.0947. The van der Waals surface area contributed by atoms with Gasteiger partial charge in [0.1, 0.15) is 10.8 Å². The summed E-state index contributed by atoms with van der Waals surface area (Å²) in [5.41, 5.74) is 4.24. The van der Waals surface area contributed by atoms with Crippen molar-refractivity contribution in [3.05, 3.63) is 88.4 Å². The number of carbonyl (C=O) groups excluding carboxylic acids is 1. The van der Waals surface area contributed by atoms with Crippen molar-refractivity contribution in [3.8, 4) is 0 Å². The van der Waals surface area contributed by atoms with Crippen LogP contribution in [0, 0.1) is 26.6 Å². The van der Waals surface area contributed by atoms with Gasteiger partial charge in [0.15, 0.2) is 0 Å². The Labute approximate surface area is 163 Å². The summed E-state index contributed by atoms with van der Waals surface area (Å²) in [6.45, 7) is 6.10. The molecule has 2 aromatic carbocycles. The average Bonchev–Trinajstić information content (AvgIpc) is 2.66. The summed E-state index contributed by atoms with van der Waals surface area (Å²) in [7, 11) is 0. The van der Waals surface area contributed by atoms with Gasteiger partial charge in [-0.1, -0.05) is 30.0 Å². The van der Waals surface area contributed by atoms with Crippen LogP contribution in [0.1, 0.15) is 32.6 Å². The molecule has 0 aliphatic rings. The van der Waals surface area contributed by atoms with E-state index in [4.69, 9.17) is 0 Å². The molecule has 3 nitrogen and oxygen atoms in total. The second-order valence-corrected chi connectivity index (χ2v) is 7.53. The number of hydrogen-bond acceptors (Lipinski definition) is 3. The summed E-state index contributed by atoms with van der Waals surface area (Å²) in [4.78, 5) is 18.0. The van der Waals surface area contributed by atoms with E-state index in [-0.39, 0.29) is 18.3 Å². The minimum Gasteiger partial charge on any atom is -0.348 e. The van der Waals surface area contributed by atoms with Crippen LogP contribution in [0.5, 0.6) is 0 Å². The van der Waals surface area contributed by atoms with Crippen molar-refractivity contribution in [1.82, 2.24) is 10.3 Å². The quantitative estimate of drug-likeness (QED) is 0.659. The Balaban J connectivity index is 1.75. The van der Waals surface area contributed by atoms with Gasteiger partial charge in [0.25, 0.3) is 5.91 Å². The number of halogens is 1. The summed E-state index contributed by atoms with van der Waals surface area (Å²) >= 11 is 1.46. The van der Waals surface area contributed by atoms with Crippen LogP contribution in [0.25, 0.3) is 0 Å². The highest BCUT2D eigenvalue weighted by atomic mass is 32.2. The molecule has 0 fully saturated rings. The number of carbonyl (C=O) groups is 1. The molecule has 0 unspecified atom stereocenters. The molecule has 1 heterocycles. The molecule has 1 N–H and O–H groups in total. The molecule has 0 saturated carbocycles. The molecular formula is C22H21FN2OS. The van der Waals surface area contributed by atoms with Crippen molar-refractivity contribution in [2.75, 3.05) is 0 Å². The average molecular weight is 380 g/mol. The molecule has 138 valence electrons. The van der Waals surface area contributed by atoms with Crippen LogP contribution in [0.15, 0.2) is 64.6 Å². The Morgan fingerprint density at radius 1 is 1.04 bits per heavy atom. The van der Waals surface area contributed by atoms with Gasteiger partial charge in [0.2, 0.25) is 0 Å². The van der Waals surface area contributed by atoms with Gasteiger partial charge in [-0.15, -0.1) is 0 Å². The Morgan fingerprint density at radius 3 is 2.56 bits per heavy atom. The lowest BCUT2D eigenvalue weighted by atomic mass is 10.1. The molecule has 27 heavy (non-hydrogen) atoms. The van der Waals surface area contributed by atoms with E-state index < -0.39 is 0 Å². The molecule has 3 aromatic rings. The van der Waals surface area contributed by atoms with E-state index in [0.717, 1.165) is 10.5 Å². The number of nitrogens with zero attached hydrogens (tertiary/aromatic N) is 1. The zero-order valence-electron chi connectivity index (χ0n) is 15.5. The van der Waals surface area contributed by atoms with Crippen LogP contribution in [0.4, 0.5) is 4.39 Å². The topological polar surface area (TPSA) is 42.0 Å². The number of pyridine rings is 1. The highest BCUT2D eigenvalue weighted by Crippen LogP contribution is 2.30. The van der Waals surface area contributed by atoms with E-state index in [0.29, 0.717) is 16.2 Å². The number of aromatic nitrogens is 1. The second kappa shape index (κ2) is 8.35. The predicted molar refractivity (Wildman–Crippen MR) is 107 cm³/mol. The van der Waals surface area contributed by atoms with E-state index in [9.17, 15) is 9.18 Å². The Morgan fingerprint density at radius 2 is 1.81 bits per heavy atom. The summed E-state index contributed by atoms with van der Waals surface area (Å²) < 4.78 is 13.7. The molecule has 0 saturated heterocycles. The summed E-state index contributed by atoms with van der Waals surface area (Å²) in [6.07, 6.45) is 1.68. The van der Waals surface area contributed by atoms with Gasteiger partial charge in [0.05, 0.1) is 5.56 Å². The monoisotopic (exact) mass is 380 g/mol. The van der Waals surface area contributed by atoms with E-state index >= 15 is 0 Å². The molecular weight excluding hydrogens is 359 g/mol. The molecule has 0 bridgehead atoms. The predicted octanol–water partition coefficient (Wildman–Crippen LogP) is 5.23. The summed E-state index contributed by atoms with van der Waals surface area (Å²) in [5.74, 6) is -0.496. The number of rotatable bonds is 5. The molecule has 1 amide bonds. The molecule has 0 radical (unpaired) electrons. The third-order valence-corrected chi connectivity index (χ3v) is 5.41. The van der Waals surface area contributed by atoms with Crippen LogP contribution in [0.3, 0.4) is 0 Å². The van der Waals surface area contributed by atoms with Crippen LogP contribution in [-0.4, -0.2) is 10.9 Å². The van der Waals surface area contributed by atoms with Gasteiger partial charge in [-0.3, -0.25) is 4.79 Å². The van der Waals surface area contributed by atoms with Gasteiger partial charge in [-0.25, -0.2) is 9.37 Å². The molecule has 5 heteroatoms. The SMILES string of the molecule is Cc1ccc(Sc2ncccc2C(=O)NCc2ccc(C)c(F)c2)cc1C. The van der Waals surface area contributed by atoms with Crippen molar-refractivity contribution >= 4 is 17.7 Å². The van der Waals surface area contributed by atoms with E-state index in [2.05, 4.69) is 36.3 Å². The zero-order valence-corrected chi connectivity index (χ0v) is 16.4. The minimum atomic E-state index is -0.269. The maximum absolute atomic E-state index is 13.7. The molecule has 0 spiro atoms. The van der Waals surface area contributed by atoms with Crippen molar-refractivity contribution in [3.63, 3.8) is 0 Å². The molecule has 0 aliphatic heterocycles. The van der Waals surface area contributed by atoms with Gasteiger partial charge in [-0.2, -0.15) is 0 Å². The van der Waals surface area contributed by atoms with Gasteiger partial charge >= 0.3 is 0 Å². The lowest BCUT2D eigenvalue weighted by Crippen LogP contribution is -2.23. The Kier molecular flexibility index (Phi) is 5.91. The molecule has 0 atom stereocenters. The fourth-order valence-electron chi connectivity index (χ4n) is 2.56. The summed E-state index contributed by atoms with van der Waals surface area (Å²) in [6, 6.07) is 14.6. The lowest BCUT2D eigenvalue weighted by Gasteiger charge is -2.10. The van der Waals surface area contributed by atoms with Crippen LogP contribution >= 0.6 is 11.8 Å². The second-order valence-electron chi connectivity index (χ2n) is 6.47. The highest BCUT2D eigenvalue weighted by molar-refractivity contribution is 7.99. The van der Waals surface area contributed by atoms with Gasteiger partial charge < -0.3 is 5.32 Å². The molecule has 1 aromatic heterocycles. The highest BCUT2D eigenvalue weighted by Gasteiger charge is 2.14. The van der Waals surface area contributed by atoms with Crippen molar-refractivity contribution in [1.29, 1.82) is 0 Å². The number of nitrogens with one attached hydrogen (secondary N) is 1. The fraction of sp³-hybridized carbons (Fsp3) is 0.182. The number of benzene rings is 2. The number of hydrogen-bond donors (Lipinski definition) is 1. The first-order valence-corrected chi connectivity index (χ1v) is 9.49. The fourth-order valence-corrected chi connectivity index (χ4v) is 3.54. The molecule has 3 rings (SSSR count). The third kappa shape index (κ3) is 4.74. The van der Waals surface area contributed by atoms with Crippen LogP contribution < -0.4 is 5.32 Å². The number of amides is 1. The van der Waals surface area contributed by atoms with E-state index in [1.165, 1.54) is 29.0 Å². The van der Waals surface area contributed by atoms with E-state index in [1.54, 1.807) is 31.3 Å². The van der Waals surface area contributed by atoms with Gasteiger partial charge in [-0.05, 0) is 73.4 Å².